The summed E-state index contributed by atoms with van der Waals surface area (Å²) < 4.78 is 5.17. The van der Waals surface area contributed by atoms with Crippen molar-refractivity contribution in [2.24, 2.45) is 0 Å². The Labute approximate surface area is 104 Å². The molecule has 0 radical (unpaired) electrons. The molecule has 1 saturated heterocycles. The van der Waals surface area contributed by atoms with Gasteiger partial charge in [0.25, 0.3) is 0 Å². The van der Waals surface area contributed by atoms with E-state index < -0.39 is 8.15 Å². The summed E-state index contributed by atoms with van der Waals surface area (Å²) in [6.07, 6.45) is 6.88. The Hall–Kier alpha value is -1.07. The Morgan fingerprint density at radius 3 is 2.59 bits per heavy atom. The summed E-state index contributed by atoms with van der Waals surface area (Å²) in [5.41, 5.74) is 1.22. The first-order chi connectivity index (χ1) is 8.22. The van der Waals surface area contributed by atoms with E-state index in [4.69, 9.17) is 16.1 Å². The first-order valence-corrected chi connectivity index (χ1v) is 7.16. The van der Waals surface area contributed by atoms with Crippen molar-refractivity contribution in [1.82, 2.24) is 5.32 Å². The van der Waals surface area contributed by atoms with Crippen molar-refractivity contribution in [2.75, 3.05) is 25.6 Å². The zero-order valence-electron chi connectivity index (χ0n) is 10.0. The average molecular weight is 251 g/mol. The normalized spacial score (nSPS) is 17.8. The standard InChI is InChI=1S/C10H10O.C3H8NOP/c1-3-8-11-10-6-4-9(2)5-7-10;5-6-2-1-4-3-6/h1,4-7H,8H2,2H3;4-5H,1-3H2. The molecular formula is C13H18NO2P. The second kappa shape index (κ2) is 8.08. The SMILES string of the molecule is C#CCOc1ccc(C)cc1.OP1CCNC1. The van der Waals surface area contributed by atoms with Crippen LogP contribution in [-0.4, -0.2) is 30.5 Å². The molecule has 2 rings (SSSR count). The minimum absolute atomic E-state index is 0.336. The third kappa shape index (κ3) is 6.28. The Kier molecular flexibility index (Phi) is 6.65. The largest absolute Gasteiger partial charge is 0.481 e. The van der Waals surface area contributed by atoms with E-state index in [1.54, 1.807) is 0 Å². The summed E-state index contributed by atoms with van der Waals surface area (Å²) in [6, 6.07) is 7.80. The van der Waals surface area contributed by atoms with Crippen LogP contribution in [0.5, 0.6) is 5.75 Å². The maximum atomic E-state index is 8.73. The molecule has 2 N–H and O–H groups in total. The van der Waals surface area contributed by atoms with E-state index in [0.717, 1.165) is 24.7 Å². The van der Waals surface area contributed by atoms with E-state index in [0.29, 0.717) is 6.61 Å². The van der Waals surface area contributed by atoms with Crippen LogP contribution in [0.1, 0.15) is 5.56 Å². The highest BCUT2D eigenvalue weighted by molar-refractivity contribution is 7.51. The predicted molar refractivity (Wildman–Crippen MR) is 72.4 cm³/mol. The van der Waals surface area contributed by atoms with Gasteiger partial charge in [0.15, 0.2) is 0 Å². The van der Waals surface area contributed by atoms with Crippen LogP contribution >= 0.6 is 8.15 Å². The molecule has 0 spiro atoms. The second-order valence-electron chi connectivity index (χ2n) is 3.69. The molecule has 1 aliphatic rings. The quantitative estimate of drug-likeness (QED) is 0.623. The van der Waals surface area contributed by atoms with Crippen molar-refractivity contribution in [1.29, 1.82) is 0 Å². The fraction of sp³-hybridized carbons (Fsp3) is 0.385. The van der Waals surface area contributed by atoms with Crippen LogP contribution in [0.15, 0.2) is 24.3 Å². The highest BCUT2D eigenvalue weighted by Gasteiger charge is 2.08. The molecule has 0 amide bonds. The van der Waals surface area contributed by atoms with Gasteiger partial charge < -0.3 is 14.9 Å². The minimum atomic E-state index is -0.576. The van der Waals surface area contributed by atoms with E-state index in [-0.39, 0.29) is 0 Å². The molecule has 4 heteroatoms. The second-order valence-corrected chi connectivity index (χ2v) is 5.47. The van der Waals surface area contributed by atoms with Gasteiger partial charge in [-0.3, -0.25) is 0 Å². The first-order valence-electron chi connectivity index (χ1n) is 5.50. The molecule has 1 fully saturated rings. The fourth-order valence-electron chi connectivity index (χ4n) is 1.25. The molecule has 0 saturated carbocycles. The van der Waals surface area contributed by atoms with Gasteiger partial charge in [-0.2, -0.15) is 0 Å². The maximum Gasteiger partial charge on any atom is 0.148 e. The van der Waals surface area contributed by atoms with E-state index in [1.807, 2.05) is 31.2 Å². The molecule has 17 heavy (non-hydrogen) atoms. The van der Waals surface area contributed by atoms with Gasteiger partial charge in [0.1, 0.15) is 12.4 Å². The van der Waals surface area contributed by atoms with E-state index in [9.17, 15) is 0 Å². The lowest BCUT2D eigenvalue weighted by atomic mass is 10.2. The minimum Gasteiger partial charge on any atom is -0.481 e. The maximum absolute atomic E-state index is 8.73. The van der Waals surface area contributed by atoms with Crippen LogP contribution in [0.4, 0.5) is 0 Å². The lowest BCUT2D eigenvalue weighted by Gasteiger charge is -2.00. The van der Waals surface area contributed by atoms with Crippen LogP contribution in [-0.2, 0) is 0 Å². The number of hydrogen-bond donors (Lipinski definition) is 2. The van der Waals surface area contributed by atoms with Crippen molar-refractivity contribution in [3.63, 3.8) is 0 Å². The number of nitrogens with one attached hydrogen (secondary N) is 1. The smallest absolute Gasteiger partial charge is 0.148 e. The molecular weight excluding hydrogens is 233 g/mol. The first kappa shape index (κ1) is 14.0. The third-order valence-corrected chi connectivity index (χ3v) is 3.51. The van der Waals surface area contributed by atoms with Crippen LogP contribution in [0.25, 0.3) is 0 Å². The summed E-state index contributed by atoms with van der Waals surface area (Å²) in [5.74, 6) is 3.24. The van der Waals surface area contributed by atoms with Crippen molar-refractivity contribution in [2.45, 2.75) is 6.92 Å². The zero-order valence-corrected chi connectivity index (χ0v) is 10.9. The van der Waals surface area contributed by atoms with Crippen LogP contribution in [0.2, 0.25) is 0 Å². The van der Waals surface area contributed by atoms with Gasteiger partial charge in [-0.05, 0) is 19.1 Å². The van der Waals surface area contributed by atoms with Gasteiger partial charge in [-0.25, -0.2) is 0 Å². The summed E-state index contributed by atoms with van der Waals surface area (Å²) >= 11 is 0. The summed E-state index contributed by atoms with van der Waals surface area (Å²) in [5, 5.41) is 3.05. The molecule has 3 nitrogen and oxygen atoms in total. The number of benzene rings is 1. The Morgan fingerprint density at radius 1 is 1.47 bits per heavy atom. The van der Waals surface area contributed by atoms with Gasteiger partial charge in [0.2, 0.25) is 0 Å². The molecule has 1 aromatic rings. The van der Waals surface area contributed by atoms with Gasteiger partial charge in [0, 0.05) is 27.1 Å². The molecule has 1 aromatic carbocycles. The van der Waals surface area contributed by atoms with E-state index in [1.165, 1.54) is 5.56 Å². The van der Waals surface area contributed by atoms with Gasteiger partial charge in [0.05, 0.1) is 0 Å². The summed E-state index contributed by atoms with van der Waals surface area (Å²) in [6.45, 7) is 3.39. The van der Waals surface area contributed by atoms with Crippen molar-refractivity contribution in [3.05, 3.63) is 29.8 Å². The Morgan fingerprint density at radius 2 is 2.18 bits per heavy atom. The molecule has 92 valence electrons. The monoisotopic (exact) mass is 251 g/mol. The van der Waals surface area contributed by atoms with E-state index >= 15 is 0 Å². The molecule has 1 unspecified atom stereocenters. The number of aryl methyl sites for hydroxylation is 1. The number of terminal acetylenes is 1. The molecule has 0 aliphatic carbocycles. The zero-order chi connectivity index (χ0) is 12.5. The van der Waals surface area contributed by atoms with E-state index in [2.05, 4.69) is 11.2 Å². The molecule has 1 heterocycles. The molecule has 0 bridgehead atoms. The fourth-order valence-corrected chi connectivity index (χ4v) is 2.25. The number of ether oxygens (including phenoxy) is 1. The summed E-state index contributed by atoms with van der Waals surface area (Å²) in [4.78, 5) is 8.73. The van der Waals surface area contributed by atoms with Crippen LogP contribution < -0.4 is 10.1 Å². The van der Waals surface area contributed by atoms with Crippen molar-refractivity contribution >= 4 is 8.15 Å². The molecule has 1 atom stereocenters. The Balaban J connectivity index is 0.000000202. The van der Waals surface area contributed by atoms with Crippen molar-refractivity contribution in [3.8, 4) is 18.1 Å². The lowest BCUT2D eigenvalue weighted by Crippen LogP contribution is -2.04. The third-order valence-electron chi connectivity index (χ3n) is 2.18. The van der Waals surface area contributed by atoms with Crippen molar-refractivity contribution < 1.29 is 9.63 Å². The van der Waals surface area contributed by atoms with Crippen LogP contribution in [0.3, 0.4) is 0 Å². The highest BCUT2D eigenvalue weighted by atomic mass is 31.1. The predicted octanol–water partition coefficient (Wildman–Crippen LogP) is 1.94. The number of rotatable bonds is 2. The Bertz CT molecular complexity index is 353. The molecule has 1 aliphatic heterocycles. The summed E-state index contributed by atoms with van der Waals surface area (Å²) in [7, 11) is -0.576. The molecule has 0 aromatic heterocycles. The highest BCUT2D eigenvalue weighted by Crippen LogP contribution is 2.29. The van der Waals surface area contributed by atoms with Gasteiger partial charge in [-0.15, -0.1) is 6.42 Å². The van der Waals surface area contributed by atoms with Crippen LogP contribution in [0, 0.1) is 19.3 Å². The lowest BCUT2D eigenvalue weighted by molar-refractivity contribution is 0.370. The van der Waals surface area contributed by atoms with Gasteiger partial charge in [-0.1, -0.05) is 23.6 Å². The average Bonchev–Trinajstić information content (AvgIpc) is 2.80. The van der Waals surface area contributed by atoms with Gasteiger partial charge >= 0.3 is 0 Å². The number of hydrogen-bond acceptors (Lipinski definition) is 3. The topological polar surface area (TPSA) is 41.5 Å².